The van der Waals surface area contributed by atoms with Gasteiger partial charge in [0.25, 0.3) is 0 Å². The molecule has 1 aliphatic rings. The Morgan fingerprint density at radius 1 is 1.44 bits per heavy atom. The molecule has 2 heterocycles. The molecule has 0 radical (unpaired) electrons. The molecule has 0 atom stereocenters. The van der Waals surface area contributed by atoms with Gasteiger partial charge in [-0.3, -0.25) is 4.57 Å². The lowest BCUT2D eigenvalue weighted by molar-refractivity contribution is 0.520. The van der Waals surface area contributed by atoms with Crippen LogP contribution in [0.2, 0.25) is 0 Å². The smallest absolute Gasteiger partial charge is 0.212 e. The lowest BCUT2D eigenvalue weighted by Crippen LogP contribution is -1.99. The van der Waals surface area contributed by atoms with Crippen molar-refractivity contribution >= 4 is 35.1 Å². The van der Waals surface area contributed by atoms with E-state index in [1.807, 2.05) is 17.9 Å². The Morgan fingerprint density at radius 3 is 3.00 bits per heavy atom. The summed E-state index contributed by atoms with van der Waals surface area (Å²) in [7, 11) is 1.98. The molecular weight excluding hydrogens is 240 g/mol. The summed E-state index contributed by atoms with van der Waals surface area (Å²) in [5.74, 6) is 1.11. The zero-order valence-corrected chi connectivity index (χ0v) is 10.9. The number of rotatable bonds is 1. The van der Waals surface area contributed by atoms with Gasteiger partial charge in [0.2, 0.25) is 5.71 Å². The first-order valence-electron chi connectivity index (χ1n) is 5.27. The maximum absolute atomic E-state index is 5.91. The van der Waals surface area contributed by atoms with Crippen molar-refractivity contribution in [2.75, 3.05) is 6.26 Å². The number of fused-ring (bicyclic) bond motifs is 3. The molecule has 0 N–H and O–H groups in total. The second kappa shape index (κ2) is 3.60. The second-order valence-electron chi connectivity index (χ2n) is 4.00. The highest BCUT2D eigenvalue weighted by molar-refractivity contribution is 7.98. The molecule has 0 unspecified atom stereocenters. The van der Waals surface area contributed by atoms with Gasteiger partial charge in [-0.05, 0) is 19.1 Å². The van der Waals surface area contributed by atoms with Crippen LogP contribution >= 0.6 is 24.0 Å². The minimum absolute atomic E-state index is 0.685. The van der Waals surface area contributed by atoms with Gasteiger partial charge in [-0.2, -0.15) is 0 Å². The summed E-state index contributed by atoms with van der Waals surface area (Å²) < 4.78 is 8.59. The fraction of sp³-hybridized carbons (Fsp3) is 0.455. The third kappa shape index (κ3) is 1.28. The van der Waals surface area contributed by atoms with Gasteiger partial charge in [0.05, 0.1) is 5.39 Å². The average Bonchev–Trinajstić information content (AvgIpc) is 2.82. The Labute approximate surface area is 103 Å². The van der Waals surface area contributed by atoms with Crippen molar-refractivity contribution < 1.29 is 4.42 Å². The molecule has 5 heteroatoms. The molecule has 16 heavy (non-hydrogen) atoms. The van der Waals surface area contributed by atoms with Gasteiger partial charge in [0, 0.05) is 19.0 Å². The molecule has 3 rings (SSSR count). The van der Waals surface area contributed by atoms with Crippen LogP contribution in [0, 0.1) is 4.64 Å². The standard InChI is InChI=1S/C11H12N2OS2/c1-13-10-8(9(15)12-11(13)16-2)6-4-3-5-7(6)14-10/h3-5H2,1-2H3. The predicted molar refractivity (Wildman–Crippen MR) is 67.6 cm³/mol. The molecule has 0 saturated carbocycles. The number of aromatic nitrogens is 2. The largest absolute Gasteiger partial charge is 0.444 e. The summed E-state index contributed by atoms with van der Waals surface area (Å²) in [6, 6.07) is 0. The second-order valence-corrected chi connectivity index (χ2v) is 5.16. The molecule has 1 aliphatic carbocycles. The van der Waals surface area contributed by atoms with E-state index in [0.717, 1.165) is 34.9 Å². The summed E-state index contributed by atoms with van der Waals surface area (Å²) in [6.45, 7) is 0. The third-order valence-corrected chi connectivity index (χ3v) is 4.11. The molecule has 2 aromatic heterocycles. The first-order chi connectivity index (χ1) is 7.72. The van der Waals surface area contributed by atoms with Crippen molar-refractivity contribution in [1.82, 2.24) is 9.55 Å². The van der Waals surface area contributed by atoms with E-state index in [0.29, 0.717) is 4.64 Å². The van der Waals surface area contributed by atoms with Gasteiger partial charge in [0.1, 0.15) is 10.4 Å². The summed E-state index contributed by atoms with van der Waals surface area (Å²) in [6.07, 6.45) is 5.28. The zero-order chi connectivity index (χ0) is 11.3. The van der Waals surface area contributed by atoms with Crippen LogP contribution in [0.1, 0.15) is 17.7 Å². The number of hydrogen-bond acceptors (Lipinski definition) is 4. The maximum atomic E-state index is 5.91. The molecule has 0 bridgehead atoms. The summed E-state index contributed by atoms with van der Waals surface area (Å²) in [5, 5.41) is 1.97. The molecule has 0 aromatic carbocycles. The lowest BCUT2D eigenvalue weighted by atomic mass is 10.2. The zero-order valence-electron chi connectivity index (χ0n) is 9.24. The average molecular weight is 252 g/mol. The van der Waals surface area contributed by atoms with Gasteiger partial charge in [0.15, 0.2) is 5.16 Å². The Balaban J connectivity index is 2.46. The molecule has 0 fully saturated rings. The fourth-order valence-corrected chi connectivity index (χ4v) is 3.23. The molecular formula is C11H12N2OS2. The monoisotopic (exact) mass is 252 g/mol. The van der Waals surface area contributed by atoms with Crippen LogP contribution in [-0.4, -0.2) is 15.8 Å². The van der Waals surface area contributed by atoms with E-state index in [4.69, 9.17) is 16.6 Å². The topological polar surface area (TPSA) is 31.0 Å². The fourth-order valence-electron chi connectivity index (χ4n) is 2.33. The van der Waals surface area contributed by atoms with Crippen LogP contribution < -0.4 is 0 Å². The predicted octanol–water partition coefficient (Wildman–Crippen LogP) is 3.11. The van der Waals surface area contributed by atoms with Gasteiger partial charge < -0.3 is 4.42 Å². The van der Waals surface area contributed by atoms with Crippen LogP contribution in [-0.2, 0) is 19.9 Å². The van der Waals surface area contributed by atoms with Crippen molar-refractivity contribution in [2.45, 2.75) is 24.4 Å². The van der Waals surface area contributed by atoms with Crippen molar-refractivity contribution in [2.24, 2.45) is 7.05 Å². The van der Waals surface area contributed by atoms with Gasteiger partial charge in [-0.15, -0.1) is 0 Å². The summed E-state index contributed by atoms with van der Waals surface area (Å²) in [5.41, 5.74) is 2.17. The summed E-state index contributed by atoms with van der Waals surface area (Å²) >= 11 is 6.95. The number of furan rings is 1. The first kappa shape index (κ1) is 10.4. The molecule has 2 aromatic rings. The Kier molecular flexibility index (Phi) is 2.33. The minimum atomic E-state index is 0.685. The molecule has 0 spiro atoms. The van der Waals surface area contributed by atoms with E-state index in [1.165, 1.54) is 12.0 Å². The van der Waals surface area contributed by atoms with Crippen molar-refractivity contribution in [1.29, 1.82) is 0 Å². The molecule has 84 valence electrons. The van der Waals surface area contributed by atoms with Crippen LogP contribution in [0.5, 0.6) is 0 Å². The maximum Gasteiger partial charge on any atom is 0.212 e. The number of aryl methyl sites for hydroxylation is 3. The molecule has 0 saturated heterocycles. The highest BCUT2D eigenvalue weighted by Gasteiger charge is 2.22. The van der Waals surface area contributed by atoms with E-state index in [1.54, 1.807) is 11.8 Å². The highest BCUT2D eigenvalue weighted by atomic mass is 32.2. The SMILES string of the molecule is CSc1nc(=S)c2c3c(oc2n1C)CCC3. The van der Waals surface area contributed by atoms with Gasteiger partial charge in [-0.1, -0.05) is 24.0 Å². The van der Waals surface area contributed by atoms with E-state index in [2.05, 4.69) is 4.98 Å². The molecule has 3 nitrogen and oxygen atoms in total. The quantitative estimate of drug-likeness (QED) is 0.443. The number of thioether (sulfide) groups is 1. The van der Waals surface area contributed by atoms with Crippen molar-refractivity contribution in [3.8, 4) is 0 Å². The van der Waals surface area contributed by atoms with Gasteiger partial charge >= 0.3 is 0 Å². The Bertz CT molecular complexity index is 627. The number of hydrogen-bond donors (Lipinski definition) is 0. The molecule has 0 aliphatic heterocycles. The minimum Gasteiger partial charge on any atom is -0.444 e. The Morgan fingerprint density at radius 2 is 2.25 bits per heavy atom. The molecule has 0 amide bonds. The first-order valence-corrected chi connectivity index (χ1v) is 6.91. The van der Waals surface area contributed by atoms with Crippen LogP contribution in [0.15, 0.2) is 9.57 Å². The van der Waals surface area contributed by atoms with E-state index in [-0.39, 0.29) is 0 Å². The van der Waals surface area contributed by atoms with Crippen LogP contribution in [0.3, 0.4) is 0 Å². The van der Waals surface area contributed by atoms with Crippen LogP contribution in [0.4, 0.5) is 0 Å². The third-order valence-electron chi connectivity index (χ3n) is 3.09. The highest BCUT2D eigenvalue weighted by Crippen LogP contribution is 2.34. The van der Waals surface area contributed by atoms with E-state index >= 15 is 0 Å². The van der Waals surface area contributed by atoms with Crippen molar-refractivity contribution in [3.63, 3.8) is 0 Å². The van der Waals surface area contributed by atoms with E-state index in [9.17, 15) is 0 Å². The van der Waals surface area contributed by atoms with E-state index < -0.39 is 0 Å². The normalized spacial score (nSPS) is 14.6. The number of nitrogens with zero attached hydrogens (tertiary/aromatic N) is 2. The Hall–Kier alpha value is -0.810. The van der Waals surface area contributed by atoms with Gasteiger partial charge in [-0.25, -0.2) is 4.98 Å². The lowest BCUT2D eigenvalue weighted by Gasteiger charge is -2.05. The summed E-state index contributed by atoms with van der Waals surface area (Å²) in [4.78, 5) is 4.45. The van der Waals surface area contributed by atoms with Crippen molar-refractivity contribution in [3.05, 3.63) is 16.0 Å². The van der Waals surface area contributed by atoms with Crippen LogP contribution in [0.25, 0.3) is 11.1 Å².